The van der Waals surface area contributed by atoms with Gasteiger partial charge in [-0.1, -0.05) is 25.5 Å². The van der Waals surface area contributed by atoms with Crippen LogP contribution >= 0.6 is 0 Å². The second-order valence-electron chi connectivity index (χ2n) is 10.9. The first kappa shape index (κ1) is 24.3. The summed E-state index contributed by atoms with van der Waals surface area (Å²) in [6.45, 7) is 4.07. The van der Waals surface area contributed by atoms with E-state index in [2.05, 4.69) is 6.92 Å². The van der Waals surface area contributed by atoms with Crippen molar-refractivity contribution in [3.8, 4) is 0 Å². The normalized spacial score (nSPS) is 41.6. The van der Waals surface area contributed by atoms with E-state index in [0.29, 0.717) is 38.6 Å². The number of carbonyl (C=O) groups is 3. The lowest BCUT2D eigenvalue weighted by atomic mass is 9.46. The Bertz CT molecular complexity index is 895. The lowest BCUT2D eigenvalue weighted by Gasteiger charge is -2.59. The van der Waals surface area contributed by atoms with Gasteiger partial charge in [-0.2, -0.15) is 0 Å². The minimum Gasteiger partial charge on any atom is -0.458 e. The van der Waals surface area contributed by atoms with Crippen molar-refractivity contribution in [1.82, 2.24) is 0 Å². The van der Waals surface area contributed by atoms with Crippen molar-refractivity contribution in [2.45, 2.75) is 76.9 Å². The van der Waals surface area contributed by atoms with E-state index in [1.165, 1.54) is 0 Å². The van der Waals surface area contributed by atoms with Gasteiger partial charge in [0.25, 0.3) is 0 Å². The lowest BCUT2D eigenvalue weighted by Crippen LogP contribution is -2.61. The number of esters is 1. The van der Waals surface area contributed by atoms with Gasteiger partial charge in [0.1, 0.15) is 5.60 Å². The molecule has 0 heterocycles. The van der Waals surface area contributed by atoms with Gasteiger partial charge in [-0.15, -0.1) is 0 Å². The standard InChI is InChI=1S/C26H37NO6/c1-24-10-8-17(28)13-16(24)6-7-18-19-9-11-26(32,25(19,2)14-20(29)23(18)24)21(30)15-33-22(31)5-3-4-12-27/h8,10,13,18-20,23,29,32H,3-7,9,11-12,14-15,27H2,1-2H3/t18-,19-,20-,23+,24-,25-,26-/m0/s1. The molecule has 3 fully saturated rings. The number of ketones is 2. The molecule has 4 aliphatic rings. The maximum absolute atomic E-state index is 13.2. The van der Waals surface area contributed by atoms with Crippen LogP contribution in [0.2, 0.25) is 0 Å². The average molecular weight is 460 g/mol. The molecular weight excluding hydrogens is 422 g/mol. The Labute approximate surface area is 195 Å². The van der Waals surface area contributed by atoms with E-state index in [-0.39, 0.29) is 35.4 Å². The molecule has 182 valence electrons. The third-order valence-corrected chi connectivity index (χ3v) is 9.31. The first-order chi connectivity index (χ1) is 15.6. The van der Waals surface area contributed by atoms with Crippen molar-refractivity contribution in [3.63, 3.8) is 0 Å². The zero-order valence-electron chi connectivity index (χ0n) is 19.7. The van der Waals surface area contributed by atoms with Crippen molar-refractivity contribution in [2.24, 2.45) is 34.3 Å². The average Bonchev–Trinajstić information content (AvgIpc) is 3.03. The summed E-state index contributed by atoms with van der Waals surface area (Å²) in [4.78, 5) is 37.1. The van der Waals surface area contributed by atoms with Crippen LogP contribution in [0.15, 0.2) is 23.8 Å². The highest BCUT2D eigenvalue weighted by Crippen LogP contribution is 2.67. The van der Waals surface area contributed by atoms with Crippen molar-refractivity contribution in [3.05, 3.63) is 23.8 Å². The molecule has 7 atom stereocenters. The molecule has 0 amide bonds. The van der Waals surface area contributed by atoms with E-state index in [9.17, 15) is 24.6 Å². The fourth-order valence-electron chi connectivity index (χ4n) is 7.54. The van der Waals surface area contributed by atoms with Gasteiger partial charge in [0.05, 0.1) is 6.10 Å². The fraction of sp³-hybridized carbons (Fsp3) is 0.731. The number of allylic oxidation sites excluding steroid dienone is 4. The topological polar surface area (TPSA) is 127 Å². The molecule has 0 spiro atoms. The van der Waals surface area contributed by atoms with Crippen LogP contribution in [0.4, 0.5) is 0 Å². The first-order valence-electron chi connectivity index (χ1n) is 12.3. The minimum absolute atomic E-state index is 0.00512. The number of ether oxygens (including phenoxy) is 1. The van der Waals surface area contributed by atoms with Crippen LogP contribution in [0.5, 0.6) is 0 Å². The van der Waals surface area contributed by atoms with Gasteiger partial charge in [-0.3, -0.25) is 14.4 Å². The second-order valence-corrected chi connectivity index (χ2v) is 10.9. The van der Waals surface area contributed by atoms with Crippen LogP contribution in [-0.2, 0) is 19.1 Å². The van der Waals surface area contributed by atoms with Crippen LogP contribution in [0.25, 0.3) is 0 Å². The SMILES string of the molecule is C[C@]12C=CC(=O)C=C1CC[C@@H]1[C@@H]2[C@@H](O)C[C@@]2(C)[C@H]1CC[C@]2(O)C(=O)COC(=O)CCCCN. The summed E-state index contributed by atoms with van der Waals surface area (Å²) in [7, 11) is 0. The van der Waals surface area contributed by atoms with Gasteiger partial charge in [-0.25, -0.2) is 0 Å². The largest absolute Gasteiger partial charge is 0.458 e. The number of Topliss-reactive ketones (excluding diaryl/α,β-unsaturated/α-hetero) is 1. The third kappa shape index (κ3) is 3.82. The van der Waals surface area contributed by atoms with E-state index >= 15 is 0 Å². The highest BCUT2D eigenvalue weighted by atomic mass is 16.5. The van der Waals surface area contributed by atoms with E-state index in [4.69, 9.17) is 10.5 Å². The number of unbranched alkanes of at least 4 members (excludes halogenated alkanes) is 1. The number of aliphatic hydroxyl groups is 2. The summed E-state index contributed by atoms with van der Waals surface area (Å²) in [5.41, 5.74) is 3.71. The van der Waals surface area contributed by atoms with Gasteiger partial charge in [0.15, 0.2) is 12.4 Å². The Morgan fingerprint density at radius 3 is 2.73 bits per heavy atom. The van der Waals surface area contributed by atoms with Gasteiger partial charge in [0, 0.05) is 23.2 Å². The van der Waals surface area contributed by atoms with E-state index < -0.39 is 35.5 Å². The number of rotatable bonds is 7. The number of nitrogens with two attached hydrogens (primary N) is 1. The van der Waals surface area contributed by atoms with E-state index in [1.54, 1.807) is 12.2 Å². The number of aliphatic hydroxyl groups excluding tert-OH is 1. The molecule has 7 nitrogen and oxygen atoms in total. The van der Waals surface area contributed by atoms with E-state index in [0.717, 1.165) is 18.4 Å². The molecular formula is C26H37NO6. The molecule has 4 N–H and O–H groups in total. The quantitative estimate of drug-likeness (QED) is 0.394. The van der Waals surface area contributed by atoms with Gasteiger partial charge >= 0.3 is 5.97 Å². The summed E-state index contributed by atoms with van der Waals surface area (Å²) >= 11 is 0. The molecule has 0 unspecified atom stereocenters. The number of carbonyl (C=O) groups excluding carboxylic acids is 3. The summed E-state index contributed by atoms with van der Waals surface area (Å²) < 4.78 is 5.18. The second kappa shape index (κ2) is 8.75. The summed E-state index contributed by atoms with van der Waals surface area (Å²) in [6.07, 6.45) is 8.98. The van der Waals surface area contributed by atoms with E-state index in [1.807, 2.05) is 13.0 Å². The molecule has 0 aromatic heterocycles. The van der Waals surface area contributed by atoms with Crippen LogP contribution in [0, 0.1) is 28.6 Å². The van der Waals surface area contributed by atoms with Crippen molar-refractivity contribution in [1.29, 1.82) is 0 Å². The molecule has 0 aliphatic heterocycles. The molecule has 0 radical (unpaired) electrons. The monoisotopic (exact) mass is 459 g/mol. The smallest absolute Gasteiger partial charge is 0.306 e. The molecule has 3 saturated carbocycles. The molecule has 0 aromatic carbocycles. The van der Waals surface area contributed by atoms with Gasteiger partial charge < -0.3 is 20.7 Å². The summed E-state index contributed by atoms with van der Waals surface area (Å²) in [6, 6.07) is 0. The molecule has 0 bridgehead atoms. The van der Waals surface area contributed by atoms with Gasteiger partial charge in [-0.05, 0) is 75.5 Å². The van der Waals surface area contributed by atoms with Crippen LogP contribution in [-0.4, -0.2) is 52.6 Å². The molecule has 4 aliphatic carbocycles. The fourth-order valence-corrected chi connectivity index (χ4v) is 7.54. The number of hydrogen-bond acceptors (Lipinski definition) is 7. The van der Waals surface area contributed by atoms with Crippen molar-refractivity contribution < 1.29 is 29.3 Å². The highest BCUT2D eigenvalue weighted by Gasteiger charge is 2.68. The Balaban J connectivity index is 1.52. The van der Waals surface area contributed by atoms with Crippen molar-refractivity contribution >= 4 is 17.5 Å². The van der Waals surface area contributed by atoms with Gasteiger partial charge in [0.2, 0.25) is 5.78 Å². The maximum Gasteiger partial charge on any atom is 0.306 e. The number of fused-ring (bicyclic) bond motifs is 5. The zero-order valence-corrected chi connectivity index (χ0v) is 19.7. The molecule has 4 rings (SSSR count). The molecule has 33 heavy (non-hydrogen) atoms. The van der Waals surface area contributed by atoms with Crippen LogP contribution in [0.3, 0.4) is 0 Å². The van der Waals surface area contributed by atoms with Crippen molar-refractivity contribution in [2.75, 3.05) is 13.2 Å². The minimum atomic E-state index is -1.63. The molecule has 0 saturated heterocycles. The molecule has 7 heteroatoms. The predicted octanol–water partition coefficient (Wildman–Crippen LogP) is 2.24. The maximum atomic E-state index is 13.2. The Morgan fingerprint density at radius 2 is 2.00 bits per heavy atom. The first-order valence-corrected chi connectivity index (χ1v) is 12.3. The summed E-state index contributed by atoms with van der Waals surface area (Å²) in [5, 5.41) is 23.0. The Morgan fingerprint density at radius 1 is 1.24 bits per heavy atom. The lowest BCUT2D eigenvalue weighted by molar-refractivity contribution is -0.181. The highest BCUT2D eigenvalue weighted by molar-refractivity contribution is 6.01. The van der Waals surface area contributed by atoms with Crippen LogP contribution < -0.4 is 5.73 Å². The Hall–Kier alpha value is -1.83. The molecule has 0 aromatic rings. The Kier molecular flexibility index (Phi) is 6.44. The zero-order chi connectivity index (χ0) is 24.0. The third-order valence-electron chi connectivity index (χ3n) is 9.31. The van der Waals surface area contributed by atoms with Crippen LogP contribution in [0.1, 0.15) is 65.2 Å². The predicted molar refractivity (Wildman–Crippen MR) is 122 cm³/mol. The summed E-state index contributed by atoms with van der Waals surface area (Å²) in [5.74, 6) is -0.783. The number of hydrogen-bond donors (Lipinski definition) is 3.